The summed E-state index contributed by atoms with van der Waals surface area (Å²) in [5, 5.41) is 15.5. The van der Waals surface area contributed by atoms with Gasteiger partial charge >= 0.3 is 6.09 Å². The number of hydrogen-bond donors (Lipinski definition) is 2. The van der Waals surface area contributed by atoms with Crippen LogP contribution in [-0.2, 0) is 9.53 Å². The van der Waals surface area contributed by atoms with Crippen molar-refractivity contribution in [1.29, 1.82) is 0 Å². The summed E-state index contributed by atoms with van der Waals surface area (Å²) in [6.45, 7) is 0.660. The van der Waals surface area contributed by atoms with Crippen LogP contribution in [0.3, 0.4) is 0 Å². The highest BCUT2D eigenvalue weighted by Crippen LogP contribution is 2.32. The fraction of sp³-hybridized carbons (Fsp3) is 0.381. The summed E-state index contributed by atoms with van der Waals surface area (Å²) >= 11 is 0. The molecule has 0 bridgehead atoms. The average molecular weight is 448 g/mol. The van der Waals surface area contributed by atoms with Gasteiger partial charge in [0.25, 0.3) is 0 Å². The predicted molar refractivity (Wildman–Crippen MR) is 110 cm³/mol. The van der Waals surface area contributed by atoms with Gasteiger partial charge in [-0.25, -0.2) is 13.6 Å². The number of ether oxygens (including phenoxy) is 1. The molecule has 11 heteroatoms. The molecule has 1 aromatic heterocycles. The molecule has 2 aliphatic rings. The zero-order chi connectivity index (χ0) is 22.7. The van der Waals surface area contributed by atoms with Gasteiger partial charge in [0.2, 0.25) is 5.91 Å². The molecular weight excluding hydrogens is 426 g/mol. The van der Waals surface area contributed by atoms with Crippen molar-refractivity contribution in [2.75, 3.05) is 43.0 Å². The number of aliphatic hydroxyl groups excluding tert-OH is 1. The topological polar surface area (TPSA) is 108 Å². The van der Waals surface area contributed by atoms with Crippen molar-refractivity contribution in [3.8, 4) is 0 Å². The summed E-state index contributed by atoms with van der Waals surface area (Å²) in [7, 11) is 0. The first-order valence-corrected chi connectivity index (χ1v) is 10.2. The molecule has 2 aromatic rings. The quantitative estimate of drug-likeness (QED) is 0.670. The lowest BCUT2D eigenvalue weighted by atomic mass is 9.97. The number of anilines is 2. The van der Waals surface area contributed by atoms with Gasteiger partial charge in [-0.2, -0.15) is 0 Å². The number of hydrogen-bond acceptors (Lipinski definition) is 7. The number of halogens is 2. The van der Waals surface area contributed by atoms with Crippen molar-refractivity contribution in [1.82, 2.24) is 10.1 Å². The van der Waals surface area contributed by atoms with E-state index in [9.17, 15) is 18.4 Å². The largest absolute Gasteiger partial charge is 0.442 e. The zero-order valence-corrected chi connectivity index (χ0v) is 17.1. The van der Waals surface area contributed by atoms with Crippen molar-refractivity contribution in [2.45, 2.75) is 18.9 Å². The Balaban J connectivity index is 1.45. The lowest BCUT2D eigenvalue weighted by molar-refractivity contribution is -0.131. The molecule has 3 heterocycles. The zero-order valence-electron chi connectivity index (χ0n) is 17.1. The average Bonchev–Trinajstić information content (AvgIpc) is 3.42. The number of amides is 2. The van der Waals surface area contributed by atoms with E-state index in [0.29, 0.717) is 17.9 Å². The third kappa shape index (κ3) is 4.57. The maximum atomic E-state index is 14.9. The van der Waals surface area contributed by atoms with Gasteiger partial charge < -0.3 is 24.6 Å². The smallest absolute Gasteiger partial charge is 0.414 e. The molecule has 0 aliphatic carbocycles. The number of cyclic esters (lactones) is 1. The van der Waals surface area contributed by atoms with Crippen LogP contribution in [0.25, 0.3) is 5.57 Å². The fourth-order valence-corrected chi connectivity index (χ4v) is 3.76. The van der Waals surface area contributed by atoms with Crippen molar-refractivity contribution < 1.29 is 32.7 Å². The van der Waals surface area contributed by atoms with Gasteiger partial charge in [-0.05, 0) is 24.1 Å². The summed E-state index contributed by atoms with van der Waals surface area (Å²) in [6.07, 6.45) is 2.07. The third-order valence-electron chi connectivity index (χ3n) is 5.37. The van der Waals surface area contributed by atoms with Gasteiger partial charge in [0, 0.05) is 31.1 Å². The number of aromatic nitrogens is 1. The minimum absolute atomic E-state index is 0.0155. The van der Waals surface area contributed by atoms with E-state index in [1.54, 1.807) is 12.1 Å². The van der Waals surface area contributed by atoms with Crippen molar-refractivity contribution >= 4 is 29.1 Å². The SMILES string of the molecule is O=C(CCO)N1CC=C(c2c(F)cc(N3CC(CNc4ccon4)OC3=O)cc2F)CC1. The van der Waals surface area contributed by atoms with Crippen LogP contribution in [-0.4, -0.2) is 66.1 Å². The second-order valence-corrected chi connectivity index (χ2v) is 7.46. The molecule has 2 aliphatic heterocycles. The monoisotopic (exact) mass is 448 g/mol. The summed E-state index contributed by atoms with van der Waals surface area (Å²) in [5.41, 5.74) is 0.354. The molecule has 2 amide bonds. The van der Waals surface area contributed by atoms with Crippen molar-refractivity contribution in [3.05, 3.63) is 47.7 Å². The molecule has 1 saturated heterocycles. The summed E-state index contributed by atoms with van der Waals surface area (Å²) in [4.78, 5) is 26.8. The van der Waals surface area contributed by atoms with E-state index in [1.165, 1.54) is 16.1 Å². The summed E-state index contributed by atoms with van der Waals surface area (Å²) < 4.78 is 39.7. The van der Waals surface area contributed by atoms with E-state index in [2.05, 4.69) is 10.5 Å². The first-order chi connectivity index (χ1) is 15.5. The molecule has 4 rings (SSSR count). The van der Waals surface area contributed by atoms with E-state index in [0.717, 1.165) is 12.1 Å². The van der Waals surface area contributed by atoms with Crippen LogP contribution in [0.5, 0.6) is 0 Å². The summed E-state index contributed by atoms with van der Waals surface area (Å²) in [6, 6.07) is 3.83. The third-order valence-corrected chi connectivity index (χ3v) is 5.37. The lowest BCUT2D eigenvalue weighted by Gasteiger charge is -2.27. The second kappa shape index (κ2) is 9.35. The van der Waals surface area contributed by atoms with Gasteiger partial charge in [0.15, 0.2) is 5.82 Å². The van der Waals surface area contributed by atoms with Crippen LogP contribution >= 0.6 is 0 Å². The van der Waals surface area contributed by atoms with E-state index < -0.39 is 23.8 Å². The Morgan fingerprint density at radius 1 is 1.31 bits per heavy atom. The Labute approximate surface area is 182 Å². The van der Waals surface area contributed by atoms with E-state index >= 15 is 0 Å². The first-order valence-electron chi connectivity index (χ1n) is 10.2. The maximum absolute atomic E-state index is 14.9. The Morgan fingerprint density at radius 3 is 2.72 bits per heavy atom. The van der Waals surface area contributed by atoms with Gasteiger partial charge in [-0.15, -0.1) is 0 Å². The summed E-state index contributed by atoms with van der Waals surface area (Å²) in [5.74, 6) is -1.31. The molecule has 1 aromatic carbocycles. The van der Waals surface area contributed by atoms with E-state index in [4.69, 9.17) is 14.4 Å². The Bertz CT molecular complexity index is 1000. The van der Waals surface area contributed by atoms with Crippen LogP contribution in [0.1, 0.15) is 18.4 Å². The standard InChI is InChI=1S/C21H22F2N4O5/c22-16-9-14(27-12-15(32-21(27)30)11-24-18-4-8-31-25-18)10-17(23)20(16)13-1-5-26(6-2-13)19(29)3-7-28/h1,4,8-10,15,28H,2-3,5-7,11-12H2,(H,24,25). The van der Waals surface area contributed by atoms with Gasteiger partial charge in [0.1, 0.15) is 24.0 Å². The molecule has 9 nitrogen and oxygen atoms in total. The second-order valence-electron chi connectivity index (χ2n) is 7.46. The highest BCUT2D eigenvalue weighted by molar-refractivity contribution is 5.90. The number of carbonyl (C=O) groups excluding carboxylic acids is 2. The Morgan fingerprint density at radius 2 is 2.09 bits per heavy atom. The van der Waals surface area contributed by atoms with Crippen LogP contribution in [0.4, 0.5) is 25.1 Å². The van der Waals surface area contributed by atoms with Crippen LogP contribution in [0.2, 0.25) is 0 Å². The molecule has 1 unspecified atom stereocenters. The molecule has 0 spiro atoms. The predicted octanol–water partition coefficient (Wildman–Crippen LogP) is 2.39. The van der Waals surface area contributed by atoms with Crippen LogP contribution in [0, 0.1) is 11.6 Å². The Hall–Kier alpha value is -3.47. The number of aliphatic hydroxyl groups is 1. The normalized spacial score (nSPS) is 18.5. The minimum Gasteiger partial charge on any atom is -0.442 e. The van der Waals surface area contributed by atoms with E-state index in [-0.39, 0.29) is 56.2 Å². The lowest BCUT2D eigenvalue weighted by Crippen LogP contribution is -2.35. The molecule has 1 fully saturated rings. The molecular formula is C21H22F2N4O5. The van der Waals surface area contributed by atoms with Gasteiger partial charge in [-0.3, -0.25) is 9.69 Å². The van der Waals surface area contributed by atoms with Crippen molar-refractivity contribution in [3.63, 3.8) is 0 Å². The van der Waals surface area contributed by atoms with Crippen molar-refractivity contribution in [2.24, 2.45) is 0 Å². The van der Waals surface area contributed by atoms with Gasteiger partial charge in [0.05, 0.1) is 25.4 Å². The van der Waals surface area contributed by atoms with Crippen LogP contribution < -0.4 is 10.2 Å². The molecule has 32 heavy (non-hydrogen) atoms. The highest BCUT2D eigenvalue weighted by atomic mass is 19.1. The number of nitrogens with zero attached hydrogens (tertiary/aromatic N) is 3. The number of nitrogens with one attached hydrogen (secondary N) is 1. The van der Waals surface area contributed by atoms with Crippen LogP contribution in [0.15, 0.2) is 35.1 Å². The van der Waals surface area contributed by atoms with Gasteiger partial charge in [-0.1, -0.05) is 11.2 Å². The number of carbonyl (C=O) groups is 2. The molecule has 0 saturated carbocycles. The molecule has 1 atom stereocenters. The number of rotatable bonds is 7. The highest BCUT2D eigenvalue weighted by Gasteiger charge is 2.33. The number of benzene rings is 1. The minimum atomic E-state index is -0.793. The first kappa shape index (κ1) is 21.8. The molecule has 0 radical (unpaired) electrons. The molecule has 2 N–H and O–H groups in total. The Kier molecular flexibility index (Phi) is 6.35. The fourth-order valence-electron chi connectivity index (χ4n) is 3.76. The van der Waals surface area contributed by atoms with E-state index in [1.807, 2.05) is 0 Å². The molecule has 170 valence electrons. The maximum Gasteiger partial charge on any atom is 0.414 e.